The average Bonchev–Trinajstić information content (AvgIpc) is 2.84. The number of ether oxygens (including phenoxy) is 1. The minimum Gasteiger partial charge on any atom is -0.492 e. The highest BCUT2D eigenvalue weighted by atomic mass is 35.5. The molecular weight excluding hydrogens is 276 g/mol. The largest absolute Gasteiger partial charge is 0.492 e. The second-order valence-electron chi connectivity index (χ2n) is 5.12. The SMILES string of the molecule is CCCOc1ccc(NC(=O)C2CCNC2C)cc1Cl. The molecule has 2 unspecified atom stereocenters. The fraction of sp³-hybridized carbons (Fsp3) is 0.533. The Balaban J connectivity index is 1.99. The molecule has 5 heteroatoms. The van der Waals surface area contributed by atoms with Gasteiger partial charge in [0.1, 0.15) is 5.75 Å². The van der Waals surface area contributed by atoms with Crippen LogP contribution < -0.4 is 15.4 Å². The monoisotopic (exact) mass is 296 g/mol. The lowest BCUT2D eigenvalue weighted by Gasteiger charge is -2.15. The summed E-state index contributed by atoms with van der Waals surface area (Å²) in [6.07, 6.45) is 1.81. The molecule has 0 spiro atoms. The Hall–Kier alpha value is -1.26. The van der Waals surface area contributed by atoms with Gasteiger partial charge in [-0.1, -0.05) is 18.5 Å². The maximum Gasteiger partial charge on any atom is 0.229 e. The lowest BCUT2D eigenvalue weighted by molar-refractivity contribution is -0.119. The van der Waals surface area contributed by atoms with Crippen LogP contribution in [0.2, 0.25) is 5.02 Å². The van der Waals surface area contributed by atoms with Crippen molar-refractivity contribution in [1.82, 2.24) is 5.32 Å². The molecule has 1 aromatic rings. The Morgan fingerprint density at radius 1 is 1.55 bits per heavy atom. The Labute approximate surface area is 124 Å². The number of hydrogen-bond donors (Lipinski definition) is 2. The number of hydrogen-bond acceptors (Lipinski definition) is 3. The van der Waals surface area contributed by atoms with E-state index in [2.05, 4.69) is 10.6 Å². The highest BCUT2D eigenvalue weighted by Crippen LogP contribution is 2.28. The van der Waals surface area contributed by atoms with Gasteiger partial charge in [-0.25, -0.2) is 0 Å². The summed E-state index contributed by atoms with van der Waals surface area (Å²) in [5, 5.41) is 6.71. The van der Waals surface area contributed by atoms with Crippen LogP contribution in [0.3, 0.4) is 0 Å². The van der Waals surface area contributed by atoms with Gasteiger partial charge in [0.15, 0.2) is 0 Å². The van der Waals surface area contributed by atoms with E-state index in [4.69, 9.17) is 16.3 Å². The summed E-state index contributed by atoms with van der Waals surface area (Å²) in [6.45, 7) is 5.60. The van der Waals surface area contributed by atoms with Crippen molar-refractivity contribution in [2.24, 2.45) is 5.92 Å². The lowest BCUT2D eigenvalue weighted by atomic mass is 10.0. The van der Waals surface area contributed by atoms with Crippen molar-refractivity contribution in [3.05, 3.63) is 23.2 Å². The second kappa shape index (κ2) is 6.95. The van der Waals surface area contributed by atoms with Crippen LogP contribution in [0, 0.1) is 5.92 Å². The van der Waals surface area contributed by atoms with Gasteiger partial charge < -0.3 is 15.4 Å². The first-order valence-electron chi connectivity index (χ1n) is 7.08. The number of carbonyl (C=O) groups is 1. The fourth-order valence-electron chi connectivity index (χ4n) is 2.36. The van der Waals surface area contributed by atoms with Gasteiger partial charge in [0.25, 0.3) is 0 Å². The number of nitrogens with one attached hydrogen (secondary N) is 2. The Morgan fingerprint density at radius 2 is 2.35 bits per heavy atom. The van der Waals surface area contributed by atoms with Gasteiger partial charge in [-0.3, -0.25) is 4.79 Å². The van der Waals surface area contributed by atoms with Crippen LogP contribution in [0.5, 0.6) is 5.75 Å². The smallest absolute Gasteiger partial charge is 0.229 e. The fourth-order valence-corrected chi connectivity index (χ4v) is 2.59. The van der Waals surface area contributed by atoms with Crippen LogP contribution in [-0.2, 0) is 4.79 Å². The van der Waals surface area contributed by atoms with Gasteiger partial charge in [0, 0.05) is 11.7 Å². The van der Waals surface area contributed by atoms with E-state index >= 15 is 0 Å². The molecule has 1 aliphatic heterocycles. The topological polar surface area (TPSA) is 50.4 Å². The van der Waals surface area contributed by atoms with Crippen LogP contribution in [0.15, 0.2) is 18.2 Å². The van der Waals surface area contributed by atoms with E-state index in [0.717, 1.165) is 19.4 Å². The van der Waals surface area contributed by atoms with Crippen molar-refractivity contribution in [3.8, 4) is 5.75 Å². The molecule has 1 saturated heterocycles. The van der Waals surface area contributed by atoms with Gasteiger partial charge in [0.2, 0.25) is 5.91 Å². The molecule has 1 heterocycles. The summed E-state index contributed by atoms with van der Waals surface area (Å²) in [5.41, 5.74) is 0.711. The molecule has 0 aromatic heterocycles. The van der Waals surface area contributed by atoms with Crippen molar-refractivity contribution in [2.75, 3.05) is 18.5 Å². The molecule has 4 nitrogen and oxygen atoms in total. The van der Waals surface area contributed by atoms with Crippen LogP contribution in [0.1, 0.15) is 26.7 Å². The molecule has 2 atom stereocenters. The van der Waals surface area contributed by atoms with E-state index < -0.39 is 0 Å². The number of halogens is 1. The summed E-state index contributed by atoms with van der Waals surface area (Å²) in [5.74, 6) is 0.716. The Kier molecular flexibility index (Phi) is 5.26. The number of benzene rings is 1. The van der Waals surface area contributed by atoms with Gasteiger partial charge >= 0.3 is 0 Å². The summed E-state index contributed by atoms with van der Waals surface area (Å²) in [4.78, 5) is 12.2. The molecule has 0 aliphatic carbocycles. The summed E-state index contributed by atoms with van der Waals surface area (Å²) in [7, 11) is 0. The normalized spacial score (nSPS) is 21.8. The van der Waals surface area contributed by atoms with Crippen molar-refractivity contribution in [2.45, 2.75) is 32.7 Å². The second-order valence-corrected chi connectivity index (χ2v) is 5.53. The third kappa shape index (κ3) is 3.64. The quantitative estimate of drug-likeness (QED) is 0.878. The lowest BCUT2D eigenvalue weighted by Crippen LogP contribution is -2.32. The number of rotatable bonds is 5. The third-order valence-electron chi connectivity index (χ3n) is 3.52. The first kappa shape index (κ1) is 15.1. The van der Waals surface area contributed by atoms with Crippen molar-refractivity contribution in [1.29, 1.82) is 0 Å². The molecular formula is C15H21ClN2O2. The zero-order valence-corrected chi connectivity index (χ0v) is 12.7. The van der Waals surface area contributed by atoms with Crippen molar-refractivity contribution < 1.29 is 9.53 Å². The third-order valence-corrected chi connectivity index (χ3v) is 3.82. The van der Waals surface area contributed by atoms with E-state index in [0.29, 0.717) is 23.1 Å². The molecule has 2 N–H and O–H groups in total. The van der Waals surface area contributed by atoms with Gasteiger partial charge in [-0.05, 0) is 44.5 Å². The average molecular weight is 297 g/mol. The molecule has 0 bridgehead atoms. The van der Waals surface area contributed by atoms with Crippen molar-refractivity contribution >= 4 is 23.2 Å². The minimum absolute atomic E-state index is 0.0183. The first-order valence-corrected chi connectivity index (χ1v) is 7.46. The summed E-state index contributed by atoms with van der Waals surface area (Å²) in [6, 6.07) is 5.57. The van der Waals surface area contributed by atoms with Gasteiger partial charge in [-0.2, -0.15) is 0 Å². The number of amides is 1. The molecule has 20 heavy (non-hydrogen) atoms. The Morgan fingerprint density at radius 3 is 2.95 bits per heavy atom. The molecule has 0 saturated carbocycles. The zero-order chi connectivity index (χ0) is 14.5. The molecule has 2 rings (SSSR count). The maximum atomic E-state index is 12.2. The molecule has 1 aliphatic rings. The van der Waals surface area contributed by atoms with Gasteiger partial charge in [0.05, 0.1) is 17.5 Å². The summed E-state index contributed by atoms with van der Waals surface area (Å²) < 4.78 is 5.51. The minimum atomic E-state index is 0.0183. The predicted octanol–water partition coefficient (Wildman–Crippen LogP) is 3.07. The summed E-state index contributed by atoms with van der Waals surface area (Å²) >= 11 is 6.15. The Bertz CT molecular complexity index is 479. The highest BCUT2D eigenvalue weighted by molar-refractivity contribution is 6.32. The van der Waals surface area contributed by atoms with Crippen LogP contribution >= 0.6 is 11.6 Å². The van der Waals surface area contributed by atoms with E-state index in [1.54, 1.807) is 12.1 Å². The first-order chi connectivity index (χ1) is 9.61. The molecule has 1 amide bonds. The zero-order valence-electron chi connectivity index (χ0n) is 11.9. The predicted molar refractivity (Wildman–Crippen MR) is 81.4 cm³/mol. The number of carbonyl (C=O) groups excluding carboxylic acids is 1. The van der Waals surface area contributed by atoms with Crippen molar-refractivity contribution in [3.63, 3.8) is 0 Å². The van der Waals surface area contributed by atoms with Gasteiger partial charge in [-0.15, -0.1) is 0 Å². The van der Waals surface area contributed by atoms with E-state index in [-0.39, 0.29) is 17.9 Å². The van der Waals surface area contributed by atoms with Crippen LogP contribution in [0.4, 0.5) is 5.69 Å². The standard InChI is InChI=1S/C15H21ClN2O2/c1-3-8-20-14-5-4-11(9-13(14)16)18-15(19)12-6-7-17-10(12)2/h4-5,9-10,12,17H,3,6-8H2,1-2H3,(H,18,19). The highest BCUT2D eigenvalue weighted by Gasteiger charge is 2.29. The van der Waals surface area contributed by atoms with Crippen LogP contribution in [0.25, 0.3) is 0 Å². The molecule has 1 fully saturated rings. The molecule has 1 aromatic carbocycles. The van der Waals surface area contributed by atoms with E-state index in [9.17, 15) is 4.79 Å². The molecule has 110 valence electrons. The van der Waals surface area contributed by atoms with Crippen LogP contribution in [-0.4, -0.2) is 25.1 Å². The maximum absolute atomic E-state index is 12.2. The van der Waals surface area contributed by atoms with E-state index in [1.165, 1.54) is 0 Å². The van der Waals surface area contributed by atoms with E-state index in [1.807, 2.05) is 19.9 Å². The molecule has 0 radical (unpaired) electrons. The number of anilines is 1.